The molecule has 0 atom stereocenters. The summed E-state index contributed by atoms with van der Waals surface area (Å²) < 4.78 is 5.27. The van der Waals surface area contributed by atoms with Gasteiger partial charge < -0.3 is 20.5 Å². The molecule has 8 heteroatoms. The van der Waals surface area contributed by atoms with E-state index in [0.717, 1.165) is 31.2 Å². The molecule has 1 aliphatic carbocycles. The number of phenols is 1. The van der Waals surface area contributed by atoms with Gasteiger partial charge in [-0.2, -0.15) is 5.26 Å². The Balaban J connectivity index is 1.75. The van der Waals surface area contributed by atoms with Crippen LogP contribution in [0.25, 0.3) is 0 Å². The predicted octanol–water partition coefficient (Wildman–Crippen LogP) is 3.21. The van der Waals surface area contributed by atoms with Crippen LogP contribution in [0.4, 0.5) is 0 Å². The Hall–Kier alpha value is -3.99. The average Bonchev–Trinajstić information content (AvgIpc) is 2.87. The number of methoxy groups -OCH3 is 1. The smallest absolute Gasteiger partial charge is 0.258 e. The summed E-state index contributed by atoms with van der Waals surface area (Å²) in [5, 5.41) is 28.2. The number of hydrogen-bond acceptors (Lipinski definition) is 5. The van der Waals surface area contributed by atoms with Crippen molar-refractivity contribution in [3.8, 4) is 17.7 Å². The lowest BCUT2D eigenvalue weighted by atomic mass is 9.68. The number of ether oxygens (including phenoxy) is 1. The van der Waals surface area contributed by atoms with E-state index < -0.39 is 0 Å². The number of rotatable bonds is 8. The van der Waals surface area contributed by atoms with Crippen molar-refractivity contribution >= 4 is 11.9 Å². The van der Waals surface area contributed by atoms with Crippen LogP contribution < -0.4 is 20.7 Å². The number of aromatic hydroxyl groups is 1. The Morgan fingerprint density at radius 1 is 1.26 bits per heavy atom. The molecule has 2 aromatic carbocycles. The number of guanidine groups is 1. The van der Waals surface area contributed by atoms with Gasteiger partial charge in [0.15, 0.2) is 6.19 Å². The average molecular weight is 462 g/mol. The summed E-state index contributed by atoms with van der Waals surface area (Å²) in [4.78, 5) is 17.3. The lowest BCUT2D eigenvalue weighted by Gasteiger charge is -2.41. The van der Waals surface area contributed by atoms with E-state index >= 15 is 0 Å². The molecule has 0 unspecified atom stereocenters. The Morgan fingerprint density at radius 3 is 2.65 bits per heavy atom. The van der Waals surface area contributed by atoms with Crippen LogP contribution in [0.5, 0.6) is 11.5 Å². The minimum Gasteiger partial charge on any atom is -0.507 e. The summed E-state index contributed by atoms with van der Waals surface area (Å²) in [6, 6.07) is 15.1. The summed E-state index contributed by atoms with van der Waals surface area (Å²) in [7, 11) is 1.47. The quantitative estimate of drug-likeness (QED) is 0.158. The number of nitrogens with zero attached hydrogens (tertiary/aromatic N) is 2. The number of benzene rings is 2. The lowest BCUT2D eigenvalue weighted by Crippen LogP contribution is -2.49. The first-order valence-corrected chi connectivity index (χ1v) is 11.3. The maximum Gasteiger partial charge on any atom is 0.258 e. The number of carbonyl (C=O) groups excluding carboxylic acids is 1. The summed E-state index contributed by atoms with van der Waals surface area (Å²) >= 11 is 0. The Morgan fingerprint density at radius 2 is 2.00 bits per heavy atom. The largest absolute Gasteiger partial charge is 0.507 e. The van der Waals surface area contributed by atoms with Gasteiger partial charge in [-0.1, -0.05) is 42.5 Å². The second-order valence-electron chi connectivity index (χ2n) is 8.32. The van der Waals surface area contributed by atoms with E-state index in [-0.39, 0.29) is 28.7 Å². The molecule has 3 rings (SSSR count). The van der Waals surface area contributed by atoms with E-state index in [1.807, 2.05) is 24.4 Å². The van der Waals surface area contributed by atoms with E-state index in [2.05, 4.69) is 39.7 Å². The molecular weight excluding hydrogens is 430 g/mol. The predicted molar refractivity (Wildman–Crippen MR) is 132 cm³/mol. The lowest BCUT2D eigenvalue weighted by molar-refractivity contribution is 0.0929. The van der Waals surface area contributed by atoms with Crippen LogP contribution >= 0.6 is 0 Å². The van der Waals surface area contributed by atoms with Gasteiger partial charge in [0.2, 0.25) is 5.96 Å². The molecule has 1 aliphatic rings. The molecule has 0 saturated heterocycles. The third-order valence-electron chi connectivity index (χ3n) is 6.26. The fourth-order valence-electron chi connectivity index (χ4n) is 4.45. The van der Waals surface area contributed by atoms with Crippen LogP contribution in [0.2, 0.25) is 0 Å². The van der Waals surface area contributed by atoms with Gasteiger partial charge in [-0.3, -0.25) is 10.1 Å². The van der Waals surface area contributed by atoms with Crippen molar-refractivity contribution in [3.05, 3.63) is 72.3 Å². The van der Waals surface area contributed by atoms with Crippen molar-refractivity contribution in [1.29, 1.82) is 5.26 Å². The summed E-state index contributed by atoms with van der Waals surface area (Å²) in [6.45, 7) is 4.50. The van der Waals surface area contributed by atoms with Crippen molar-refractivity contribution < 1.29 is 14.6 Å². The minimum absolute atomic E-state index is 0.116. The first-order chi connectivity index (χ1) is 16.5. The van der Waals surface area contributed by atoms with Gasteiger partial charge in [-0.05, 0) is 43.4 Å². The molecule has 1 fully saturated rings. The number of nitriles is 1. The van der Waals surface area contributed by atoms with Crippen LogP contribution in [0.1, 0.15) is 41.6 Å². The second-order valence-corrected chi connectivity index (χ2v) is 8.32. The van der Waals surface area contributed by atoms with E-state index in [9.17, 15) is 9.90 Å². The molecule has 4 N–H and O–H groups in total. The Labute approximate surface area is 200 Å². The highest BCUT2D eigenvalue weighted by Gasteiger charge is 2.37. The number of aliphatic imine (C=N–C) groups is 1. The molecule has 0 bridgehead atoms. The molecule has 0 heterocycles. The van der Waals surface area contributed by atoms with Gasteiger partial charge >= 0.3 is 0 Å². The van der Waals surface area contributed by atoms with Gasteiger partial charge in [-0.15, -0.1) is 6.58 Å². The summed E-state index contributed by atoms with van der Waals surface area (Å²) in [5.74, 6) is 0.285. The number of nitrogens with one attached hydrogen (secondary N) is 3. The number of phenolic OH excluding ortho intramolecular Hbond substituents is 1. The summed E-state index contributed by atoms with van der Waals surface area (Å²) in [5.41, 5.74) is 1.04. The molecular formula is C26H31N5O3. The maximum atomic E-state index is 13.0. The van der Waals surface area contributed by atoms with E-state index in [1.165, 1.54) is 13.2 Å². The highest BCUT2D eigenvalue weighted by Crippen LogP contribution is 2.39. The van der Waals surface area contributed by atoms with Crippen molar-refractivity contribution in [2.75, 3.05) is 20.2 Å². The molecule has 0 aromatic heterocycles. The molecule has 0 aliphatic heterocycles. The maximum absolute atomic E-state index is 13.0. The van der Waals surface area contributed by atoms with Crippen LogP contribution in [0, 0.1) is 11.5 Å². The number of amides is 1. The van der Waals surface area contributed by atoms with E-state index in [0.29, 0.717) is 24.8 Å². The van der Waals surface area contributed by atoms with Gasteiger partial charge in [0.1, 0.15) is 17.1 Å². The monoisotopic (exact) mass is 461 g/mol. The zero-order chi connectivity index (χ0) is 24.4. The normalized spacial score (nSPS) is 20.0. The molecule has 1 saturated carbocycles. The van der Waals surface area contributed by atoms with Crippen molar-refractivity contribution in [2.45, 2.75) is 37.1 Å². The number of hydrogen-bond donors (Lipinski definition) is 4. The Kier molecular flexibility index (Phi) is 8.52. The van der Waals surface area contributed by atoms with Gasteiger partial charge in [-0.25, -0.2) is 4.99 Å². The molecule has 34 heavy (non-hydrogen) atoms. The third kappa shape index (κ3) is 5.87. The molecule has 1 amide bonds. The van der Waals surface area contributed by atoms with Crippen LogP contribution in [0.3, 0.4) is 0 Å². The van der Waals surface area contributed by atoms with Crippen LogP contribution in [-0.2, 0) is 5.41 Å². The molecule has 2 aromatic rings. The number of carbonyl (C=O) groups is 1. The molecule has 8 nitrogen and oxygen atoms in total. The van der Waals surface area contributed by atoms with Crippen molar-refractivity contribution in [2.24, 2.45) is 4.99 Å². The molecule has 0 spiro atoms. The standard InChI is InChI=1S/C26H31N5O3/c1-3-16-28-25(30-18-27)31-20-12-14-26(15-13-20,19-8-5-4-6-9-19)17-29-24(33)23-21(32)10-7-11-22(23)34-2/h3-11,20,32H,1,12-17H2,2H3,(H,29,33)(H2,28,30,31). The highest BCUT2D eigenvalue weighted by atomic mass is 16.5. The molecule has 0 radical (unpaired) electrons. The third-order valence-corrected chi connectivity index (χ3v) is 6.26. The fraction of sp³-hybridized carbons (Fsp3) is 0.346. The van der Waals surface area contributed by atoms with Gasteiger partial charge in [0.05, 0.1) is 13.7 Å². The van der Waals surface area contributed by atoms with E-state index in [1.54, 1.807) is 18.2 Å². The minimum atomic E-state index is -0.373. The second kappa shape index (κ2) is 11.8. The zero-order valence-electron chi connectivity index (χ0n) is 19.4. The zero-order valence-corrected chi connectivity index (χ0v) is 19.4. The van der Waals surface area contributed by atoms with E-state index in [4.69, 9.17) is 10.00 Å². The summed E-state index contributed by atoms with van der Waals surface area (Å²) in [6.07, 6.45) is 6.92. The van der Waals surface area contributed by atoms with Crippen LogP contribution in [-0.4, -0.2) is 43.2 Å². The first kappa shape index (κ1) is 24.6. The van der Waals surface area contributed by atoms with Gasteiger partial charge in [0.25, 0.3) is 5.91 Å². The van der Waals surface area contributed by atoms with Crippen LogP contribution in [0.15, 0.2) is 66.2 Å². The van der Waals surface area contributed by atoms with Crippen molar-refractivity contribution in [1.82, 2.24) is 16.0 Å². The fourth-order valence-corrected chi connectivity index (χ4v) is 4.45. The molecule has 178 valence electrons. The Bertz CT molecular complexity index is 1050. The SMILES string of the molecule is C=CCN=C(NC#N)NC1CCC(CNC(=O)c2c(O)cccc2OC)(c2ccccc2)CC1. The van der Waals surface area contributed by atoms with Crippen molar-refractivity contribution in [3.63, 3.8) is 0 Å². The van der Waals surface area contributed by atoms with Gasteiger partial charge in [0, 0.05) is 18.0 Å². The topological polar surface area (TPSA) is 119 Å². The highest BCUT2D eigenvalue weighted by molar-refractivity contribution is 5.99. The first-order valence-electron chi connectivity index (χ1n) is 11.3.